The number of aliphatic carboxylic acids is 1. The first kappa shape index (κ1) is 16.7. The van der Waals surface area contributed by atoms with Gasteiger partial charge >= 0.3 is 12.1 Å². The van der Waals surface area contributed by atoms with E-state index in [9.17, 15) is 19.5 Å². The summed E-state index contributed by atoms with van der Waals surface area (Å²) in [5.41, 5.74) is -0.210. The number of amides is 1. The summed E-state index contributed by atoms with van der Waals surface area (Å²) < 4.78 is 6.37. The fourth-order valence-electron chi connectivity index (χ4n) is 1.75. The molecule has 21 heavy (non-hydrogen) atoms. The second-order valence-corrected chi connectivity index (χ2v) is 5.63. The molecule has 0 aliphatic carbocycles. The number of alkyl carbamates (subject to hydrolysis) is 1. The molecule has 1 aromatic heterocycles. The van der Waals surface area contributed by atoms with E-state index < -0.39 is 23.7 Å². The van der Waals surface area contributed by atoms with Crippen molar-refractivity contribution >= 4 is 18.0 Å². The maximum Gasteiger partial charge on any atom is 0.408 e. The fourth-order valence-corrected chi connectivity index (χ4v) is 1.75. The lowest BCUT2D eigenvalue weighted by molar-refractivity contribution is -0.139. The van der Waals surface area contributed by atoms with Crippen LogP contribution in [-0.4, -0.2) is 39.3 Å². The molecule has 0 fully saturated rings. The maximum atomic E-state index is 11.7. The molecule has 0 spiro atoms. The van der Waals surface area contributed by atoms with E-state index in [1.807, 2.05) is 0 Å². The summed E-state index contributed by atoms with van der Waals surface area (Å²) in [4.78, 5) is 34.3. The van der Waals surface area contributed by atoms with Crippen molar-refractivity contribution < 1.29 is 24.2 Å². The van der Waals surface area contributed by atoms with Crippen LogP contribution in [0.1, 0.15) is 38.2 Å². The van der Waals surface area contributed by atoms with Crippen molar-refractivity contribution in [3.05, 3.63) is 24.0 Å². The summed E-state index contributed by atoms with van der Waals surface area (Å²) >= 11 is 0. The number of rotatable bonds is 4. The Kier molecular flexibility index (Phi) is 5.12. The molecular formula is C14H20N2O5. The number of aromatic nitrogens is 1. The third kappa shape index (κ3) is 5.29. The van der Waals surface area contributed by atoms with Crippen molar-refractivity contribution in [3.63, 3.8) is 0 Å². The topological polar surface area (TPSA) is 97.6 Å². The fraction of sp³-hybridized carbons (Fsp3) is 0.500. The first-order valence-corrected chi connectivity index (χ1v) is 6.49. The van der Waals surface area contributed by atoms with Crippen LogP contribution < -0.4 is 5.32 Å². The van der Waals surface area contributed by atoms with E-state index in [2.05, 4.69) is 5.32 Å². The molecule has 1 amide bonds. The molecule has 0 radical (unpaired) electrons. The molecule has 1 rings (SSSR count). The molecule has 0 saturated heterocycles. The van der Waals surface area contributed by atoms with Crippen molar-refractivity contribution in [1.82, 2.24) is 9.88 Å². The molecule has 116 valence electrons. The van der Waals surface area contributed by atoms with Crippen molar-refractivity contribution in [3.8, 4) is 0 Å². The quantitative estimate of drug-likeness (QED) is 0.880. The Bertz CT molecular complexity index is 542. The SMILES string of the molecule is CC(=O)n1cccc1C[C@@H](NC(=O)OC(C)(C)C)C(=O)O. The Balaban J connectivity index is 2.79. The third-order valence-electron chi connectivity index (χ3n) is 2.57. The van der Waals surface area contributed by atoms with Crippen LogP contribution in [0.3, 0.4) is 0 Å². The number of hydrogen-bond donors (Lipinski definition) is 2. The van der Waals surface area contributed by atoms with Crippen molar-refractivity contribution in [2.45, 2.75) is 45.8 Å². The van der Waals surface area contributed by atoms with Gasteiger partial charge in [-0.1, -0.05) is 0 Å². The summed E-state index contributed by atoms with van der Waals surface area (Å²) in [7, 11) is 0. The van der Waals surface area contributed by atoms with E-state index in [4.69, 9.17) is 4.74 Å². The third-order valence-corrected chi connectivity index (χ3v) is 2.57. The Morgan fingerprint density at radius 2 is 2.00 bits per heavy atom. The zero-order chi connectivity index (χ0) is 16.2. The number of carbonyl (C=O) groups is 3. The number of nitrogens with one attached hydrogen (secondary N) is 1. The number of carbonyl (C=O) groups excluding carboxylic acids is 2. The van der Waals surface area contributed by atoms with Crippen LogP contribution in [-0.2, 0) is 16.0 Å². The van der Waals surface area contributed by atoms with Crippen LogP contribution in [0.25, 0.3) is 0 Å². The zero-order valence-electron chi connectivity index (χ0n) is 12.5. The average Bonchev–Trinajstić information content (AvgIpc) is 2.73. The molecule has 1 aromatic rings. The van der Waals surface area contributed by atoms with Crippen LogP contribution in [0.15, 0.2) is 18.3 Å². The first-order valence-electron chi connectivity index (χ1n) is 6.49. The number of nitrogens with zero attached hydrogens (tertiary/aromatic N) is 1. The summed E-state index contributed by atoms with van der Waals surface area (Å²) in [6.45, 7) is 6.43. The van der Waals surface area contributed by atoms with Gasteiger partial charge in [0.05, 0.1) is 0 Å². The van der Waals surface area contributed by atoms with E-state index in [0.29, 0.717) is 5.69 Å². The van der Waals surface area contributed by atoms with Crippen LogP contribution in [0.2, 0.25) is 0 Å². The van der Waals surface area contributed by atoms with Gasteiger partial charge in [0.2, 0.25) is 5.91 Å². The highest BCUT2D eigenvalue weighted by molar-refractivity contribution is 5.81. The molecule has 1 heterocycles. The zero-order valence-corrected chi connectivity index (χ0v) is 12.5. The monoisotopic (exact) mass is 296 g/mol. The maximum absolute atomic E-state index is 11.7. The van der Waals surface area contributed by atoms with Crippen LogP contribution in [0.4, 0.5) is 4.79 Å². The smallest absolute Gasteiger partial charge is 0.408 e. The Hall–Kier alpha value is -2.31. The second-order valence-electron chi connectivity index (χ2n) is 5.63. The van der Waals surface area contributed by atoms with Crippen molar-refractivity contribution in [2.75, 3.05) is 0 Å². The Morgan fingerprint density at radius 1 is 1.38 bits per heavy atom. The number of carboxylic acid groups (broad SMARTS) is 1. The van der Waals surface area contributed by atoms with E-state index in [1.54, 1.807) is 39.1 Å². The van der Waals surface area contributed by atoms with Crippen LogP contribution in [0.5, 0.6) is 0 Å². The standard InChI is InChI=1S/C14H20N2O5/c1-9(17)16-7-5-6-10(16)8-11(12(18)19)15-13(20)21-14(2,3)4/h5-7,11H,8H2,1-4H3,(H,15,20)(H,18,19)/t11-/m1/s1. The minimum absolute atomic E-state index is 0.0127. The average molecular weight is 296 g/mol. The van der Waals surface area contributed by atoms with E-state index in [-0.39, 0.29) is 12.3 Å². The lowest BCUT2D eigenvalue weighted by Crippen LogP contribution is -2.45. The van der Waals surface area contributed by atoms with Crippen molar-refractivity contribution in [2.24, 2.45) is 0 Å². The van der Waals surface area contributed by atoms with Gasteiger partial charge in [0.25, 0.3) is 0 Å². The summed E-state index contributed by atoms with van der Waals surface area (Å²) in [6.07, 6.45) is 0.724. The van der Waals surface area contributed by atoms with Gasteiger partial charge in [-0.15, -0.1) is 0 Å². The predicted molar refractivity (Wildman–Crippen MR) is 75.2 cm³/mol. The van der Waals surface area contributed by atoms with Gasteiger partial charge in [-0.2, -0.15) is 0 Å². The summed E-state index contributed by atoms with van der Waals surface area (Å²) in [5.74, 6) is -1.42. The lowest BCUT2D eigenvalue weighted by Gasteiger charge is -2.22. The molecule has 0 aliphatic heterocycles. The molecule has 0 aromatic carbocycles. The van der Waals surface area contributed by atoms with Gasteiger partial charge in [0.1, 0.15) is 11.6 Å². The van der Waals surface area contributed by atoms with E-state index in [1.165, 1.54) is 11.5 Å². The van der Waals surface area contributed by atoms with Gasteiger partial charge in [-0.05, 0) is 32.9 Å². The predicted octanol–water partition coefficient (Wildman–Crippen LogP) is 1.67. The molecule has 7 nitrogen and oxygen atoms in total. The van der Waals surface area contributed by atoms with Crippen LogP contribution >= 0.6 is 0 Å². The molecule has 0 unspecified atom stereocenters. The van der Waals surface area contributed by atoms with E-state index in [0.717, 1.165) is 0 Å². The highest BCUT2D eigenvalue weighted by atomic mass is 16.6. The summed E-state index contributed by atoms with van der Waals surface area (Å²) in [6, 6.07) is 2.10. The van der Waals surface area contributed by atoms with Gasteiger partial charge in [-0.25, -0.2) is 9.59 Å². The molecule has 0 saturated carbocycles. The number of hydrogen-bond acceptors (Lipinski definition) is 4. The Morgan fingerprint density at radius 3 is 2.48 bits per heavy atom. The lowest BCUT2D eigenvalue weighted by atomic mass is 10.1. The first-order chi connectivity index (χ1) is 9.60. The second kappa shape index (κ2) is 6.43. The van der Waals surface area contributed by atoms with Gasteiger partial charge < -0.3 is 15.2 Å². The number of carboxylic acids is 1. The summed E-state index contributed by atoms with van der Waals surface area (Å²) in [5, 5.41) is 11.5. The van der Waals surface area contributed by atoms with Crippen molar-refractivity contribution in [1.29, 1.82) is 0 Å². The highest BCUT2D eigenvalue weighted by Gasteiger charge is 2.25. The molecule has 0 bridgehead atoms. The number of ether oxygens (including phenoxy) is 1. The minimum Gasteiger partial charge on any atom is -0.480 e. The largest absolute Gasteiger partial charge is 0.480 e. The molecule has 0 aliphatic rings. The molecule has 1 atom stereocenters. The highest BCUT2D eigenvalue weighted by Crippen LogP contribution is 2.09. The van der Waals surface area contributed by atoms with Crippen LogP contribution in [0, 0.1) is 0 Å². The molecule has 2 N–H and O–H groups in total. The molecular weight excluding hydrogens is 276 g/mol. The van der Waals surface area contributed by atoms with Gasteiger partial charge in [-0.3, -0.25) is 9.36 Å². The van der Waals surface area contributed by atoms with Gasteiger partial charge in [0, 0.05) is 25.2 Å². The van der Waals surface area contributed by atoms with E-state index >= 15 is 0 Å². The van der Waals surface area contributed by atoms with Gasteiger partial charge in [0.15, 0.2) is 0 Å². The molecule has 7 heteroatoms. The Labute approximate surface area is 122 Å². The minimum atomic E-state index is -1.20. The normalized spacial score (nSPS) is 12.6.